The van der Waals surface area contributed by atoms with Crippen molar-refractivity contribution < 1.29 is 17.9 Å². The molecule has 1 aromatic heterocycles. The van der Waals surface area contributed by atoms with E-state index in [-0.39, 0.29) is 5.92 Å². The van der Waals surface area contributed by atoms with Crippen molar-refractivity contribution in [3.05, 3.63) is 18.5 Å². The van der Waals surface area contributed by atoms with Gasteiger partial charge in [-0.25, -0.2) is 19.8 Å². The minimum atomic E-state index is -3.67. The lowest BCUT2D eigenvalue weighted by atomic mass is 9.84. The van der Waals surface area contributed by atoms with E-state index in [2.05, 4.69) is 26.5 Å². The van der Waals surface area contributed by atoms with Crippen LogP contribution in [0.4, 0.5) is 5.82 Å². The summed E-state index contributed by atoms with van der Waals surface area (Å²) in [6.07, 6.45) is 2.41. The summed E-state index contributed by atoms with van der Waals surface area (Å²) in [6, 6.07) is 3.72. The number of hydrogen-bond donors (Lipinski definition) is 2. The van der Waals surface area contributed by atoms with Gasteiger partial charge >= 0.3 is 0 Å². The van der Waals surface area contributed by atoms with Crippen LogP contribution in [0.15, 0.2) is 18.5 Å². The van der Waals surface area contributed by atoms with Crippen molar-refractivity contribution in [3.8, 4) is 11.5 Å². The Balaban J connectivity index is 1.78. The topological polar surface area (TPSA) is 120 Å². The number of ether oxygens (including phenoxy) is 2. The zero-order chi connectivity index (χ0) is 19.6. The third-order valence-corrected chi connectivity index (χ3v) is 5.64. The van der Waals surface area contributed by atoms with Gasteiger partial charge in [0.15, 0.2) is 11.5 Å². The van der Waals surface area contributed by atoms with E-state index in [0.29, 0.717) is 24.0 Å². The summed E-state index contributed by atoms with van der Waals surface area (Å²) in [6.45, 7) is 4.00. The van der Waals surface area contributed by atoms with Gasteiger partial charge < -0.3 is 14.4 Å². The lowest BCUT2D eigenvalue weighted by Gasteiger charge is -2.44. The molecule has 1 aliphatic heterocycles. The van der Waals surface area contributed by atoms with E-state index in [9.17, 15) is 8.42 Å². The Hall–Kier alpha value is -2.17. The van der Waals surface area contributed by atoms with Gasteiger partial charge in [0.1, 0.15) is 12.1 Å². The number of hydrogen-bond acceptors (Lipinski definition) is 7. The van der Waals surface area contributed by atoms with Crippen LogP contribution in [0.2, 0.25) is 0 Å². The van der Waals surface area contributed by atoms with Gasteiger partial charge in [0, 0.05) is 31.1 Å². The molecule has 1 saturated heterocycles. The fraction of sp³-hybridized carbons (Fsp3) is 0.529. The van der Waals surface area contributed by atoms with Crippen LogP contribution >= 0.6 is 0 Å². The second kappa shape index (κ2) is 7.83. The first-order chi connectivity index (χ1) is 12.9. The summed E-state index contributed by atoms with van der Waals surface area (Å²) in [7, 11) is -0.482. The average Bonchev–Trinajstić information content (AvgIpc) is 2.61. The molecule has 3 N–H and O–H groups in total. The standard InChI is InChI=1S/C17H25N5O4S/c1-4-11(7-21-27(18,23)24)12-8-22(9-12)17-13-5-15(25-2)16(26-3)6-14(13)19-10-20-17/h5-6,10-12,21H,4,7-9H2,1-3H3,(H2,18,23,24). The Morgan fingerprint density at radius 2 is 1.93 bits per heavy atom. The highest BCUT2D eigenvalue weighted by Gasteiger charge is 2.34. The number of methoxy groups -OCH3 is 2. The molecule has 3 rings (SSSR count). The molecule has 9 nitrogen and oxygen atoms in total. The van der Waals surface area contributed by atoms with Crippen molar-refractivity contribution in [1.29, 1.82) is 0 Å². The summed E-state index contributed by atoms with van der Waals surface area (Å²) in [5, 5.41) is 5.93. The van der Waals surface area contributed by atoms with Crippen LogP contribution in [0.5, 0.6) is 11.5 Å². The minimum Gasteiger partial charge on any atom is -0.493 e. The van der Waals surface area contributed by atoms with Crippen LogP contribution in [-0.2, 0) is 10.2 Å². The predicted molar refractivity (Wildman–Crippen MR) is 103 cm³/mol. The van der Waals surface area contributed by atoms with Crippen molar-refractivity contribution in [2.24, 2.45) is 17.0 Å². The molecule has 0 spiro atoms. The second-order valence-corrected chi connectivity index (χ2v) is 8.03. The molecular formula is C17H25N5O4S. The van der Waals surface area contributed by atoms with E-state index in [1.807, 2.05) is 12.1 Å². The number of aromatic nitrogens is 2. The Labute approximate surface area is 159 Å². The number of anilines is 1. The van der Waals surface area contributed by atoms with Gasteiger partial charge in [-0.2, -0.15) is 8.42 Å². The molecule has 2 heterocycles. The maximum atomic E-state index is 11.1. The van der Waals surface area contributed by atoms with Gasteiger partial charge in [-0.3, -0.25) is 0 Å². The summed E-state index contributed by atoms with van der Waals surface area (Å²) in [5.74, 6) is 2.68. The van der Waals surface area contributed by atoms with E-state index >= 15 is 0 Å². The SMILES string of the molecule is CCC(CNS(N)(=O)=O)C1CN(c2ncnc3cc(OC)c(OC)cc23)C1. The number of nitrogens with two attached hydrogens (primary N) is 1. The monoisotopic (exact) mass is 395 g/mol. The molecule has 0 radical (unpaired) electrons. The number of nitrogens with zero attached hydrogens (tertiary/aromatic N) is 3. The molecule has 0 aliphatic carbocycles. The number of rotatable bonds is 8. The number of benzene rings is 1. The Bertz CT molecular complexity index is 915. The first-order valence-corrected chi connectivity index (χ1v) is 10.3. The van der Waals surface area contributed by atoms with Gasteiger partial charge in [0.2, 0.25) is 0 Å². The van der Waals surface area contributed by atoms with E-state index in [4.69, 9.17) is 14.6 Å². The summed E-state index contributed by atoms with van der Waals surface area (Å²) in [4.78, 5) is 10.9. The van der Waals surface area contributed by atoms with Crippen LogP contribution in [0.3, 0.4) is 0 Å². The highest BCUT2D eigenvalue weighted by atomic mass is 32.2. The lowest BCUT2D eigenvalue weighted by molar-refractivity contribution is 0.264. The number of fused-ring (bicyclic) bond motifs is 1. The third-order valence-electron chi connectivity index (χ3n) is 5.07. The smallest absolute Gasteiger partial charge is 0.274 e. The number of nitrogens with one attached hydrogen (secondary N) is 1. The largest absolute Gasteiger partial charge is 0.493 e. The van der Waals surface area contributed by atoms with E-state index < -0.39 is 10.2 Å². The van der Waals surface area contributed by atoms with Crippen molar-refractivity contribution in [3.63, 3.8) is 0 Å². The normalized spacial score (nSPS) is 16.2. The molecule has 1 fully saturated rings. The van der Waals surface area contributed by atoms with Gasteiger partial charge in [0.25, 0.3) is 10.2 Å². The van der Waals surface area contributed by atoms with E-state index in [0.717, 1.165) is 36.2 Å². The van der Waals surface area contributed by atoms with Crippen LogP contribution in [0, 0.1) is 11.8 Å². The molecule has 2 aromatic rings. The quantitative estimate of drug-likeness (QED) is 0.681. The molecule has 1 unspecified atom stereocenters. The second-order valence-electron chi connectivity index (χ2n) is 6.65. The van der Waals surface area contributed by atoms with E-state index in [1.54, 1.807) is 14.2 Å². The summed E-state index contributed by atoms with van der Waals surface area (Å²) < 4.78 is 35.4. The molecule has 0 amide bonds. The van der Waals surface area contributed by atoms with Gasteiger partial charge in [0.05, 0.1) is 19.7 Å². The maximum Gasteiger partial charge on any atom is 0.274 e. The fourth-order valence-electron chi connectivity index (χ4n) is 3.47. The fourth-order valence-corrected chi connectivity index (χ4v) is 3.92. The molecule has 1 atom stereocenters. The average molecular weight is 395 g/mol. The maximum absolute atomic E-state index is 11.1. The lowest BCUT2D eigenvalue weighted by Crippen LogP contribution is -2.52. The van der Waals surface area contributed by atoms with Gasteiger partial charge in [-0.05, 0) is 17.9 Å². The van der Waals surface area contributed by atoms with Crippen molar-refractivity contribution >= 4 is 26.9 Å². The van der Waals surface area contributed by atoms with Crippen molar-refractivity contribution in [2.45, 2.75) is 13.3 Å². The van der Waals surface area contributed by atoms with E-state index in [1.165, 1.54) is 6.33 Å². The molecule has 0 saturated carbocycles. The highest BCUT2D eigenvalue weighted by molar-refractivity contribution is 7.87. The Morgan fingerprint density at radius 3 is 2.52 bits per heavy atom. The third kappa shape index (κ3) is 4.23. The van der Waals surface area contributed by atoms with Crippen LogP contribution in [0.1, 0.15) is 13.3 Å². The van der Waals surface area contributed by atoms with Crippen LogP contribution in [-0.4, -0.2) is 52.2 Å². The molecule has 10 heteroatoms. The minimum absolute atomic E-state index is 0.224. The summed E-state index contributed by atoms with van der Waals surface area (Å²) >= 11 is 0. The molecule has 27 heavy (non-hydrogen) atoms. The molecule has 1 aromatic carbocycles. The molecule has 0 bridgehead atoms. The molecular weight excluding hydrogens is 370 g/mol. The Kier molecular flexibility index (Phi) is 5.68. The first-order valence-electron chi connectivity index (χ1n) is 8.75. The van der Waals surface area contributed by atoms with Gasteiger partial charge in [-0.15, -0.1) is 0 Å². The van der Waals surface area contributed by atoms with Gasteiger partial charge in [-0.1, -0.05) is 13.3 Å². The zero-order valence-corrected chi connectivity index (χ0v) is 16.5. The first kappa shape index (κ1) is 19.6. The predicted octanol–water partition coefficient (Wildman–Crippen LogP) is 0.903. The summed E-state index contributed by atoms with van der Waals surface area (Å²) in [5.41, 5.74) is 0.782. The molecule has 148 valence electrons. The Morgan fingerprint density at radius 1 is 1.26 bits per heavy atom. The highest BCUT2D eigenvalue weighted by Crippen LogP contribution is 2.37. The van der Waals surface area contributed by atoms with Crippen molar-refractivity contribution in [1.82, 2.24) is 14.7 Å². The zero-order valence-electron chi connectivity index (χ0n) is 15.7. The van der Waals surface area contributed by atoms with Crippen molar-refractivity contribution in [2.75, 3.05) is 38.8 Å². The van der Waals surface area contributed by atoms with Crippen LogP contribution < -0.4 is 24.2 Å². The van der Waals surface area contributed by atoms with Crippen LogP contribution in [0.25, 0.3) is 10.9 Å². The molecule has 1 aliphatic rings.